The van der Waals surface area contributed by atoms with Crippen LogP contribution in [0.3, 0.4) is 0 Å². The van der Waals surface area contributed by atoms with Crippen LogP contribution < -0.4 is 5.32 Å². The Labute approximate surface area is 117 Å². The van der Waals surface area contributed by atoms with Crippen molar-refractivity contribution < 1.29 is 0 Å². The van der Waals surface area contributed by atoms with Crippen LogP contribution in [0.5, 0.6) is 0 Å². The van der Waals surface area contributed by atoms with Crippen molar-refractivity contribution in [1.29, 1.82) is 0 Å². The van der Waals surface area contributed by atoms with E-state index in [1.165, 1.54) is 12.0 Å². The maximum Gasteiger partial charge on any atom is 0.0438 e. The van der Waals surface area contributed by atoms with Gasteiger partial charge in [-0.15, -0.1) is 0 Å². The van der Waals surface area contributed by atoms with Gasteiger partial charge in [0.15, 0.2) is 0 Å². The third-order valence-electron chi connectivity index (χ3n) is 3.23. The van der Waals surface area contributed by atoms with Gasteiger partial charge in [-0.2, -0.15) is 0 Å². The standard InChI is InChI=1S/C16H26ClN/c1-5-10-18-13(2)11-16(3,4)12-14-8-6-7-9-15(14)17/h6-9,13,18H,5,10-12H2,1-4H3. The Morgan fingerprint density at radius 2 is 1.94 bits per heavy atom. The molecule has 0 fully saturated rings. The monoisotopic (exact) mass is 267 g/mol. The maximum absolute atomic E-state index is 6.23. The molecule has 1 atom stereocenters. The molecule has 1 aromatic rings. The van der Waals surface area contributed by atoms with Crippen LogP contribution in [-0.2, 0) is 6.42 Å². The molecule has 0 aromatic heterocycles. The lowest BCUT2D eigenvalue weighted by molar-refractivity contribution is 0.287. The average Bonchev–Trinajstić information content (AvgIpc) is 2.28. The van der Waals surface area contributed by atoms with Crippen molar-refractivity contribution in [3.8, 4) is 0 Å². The van der Waals surface area contributed by atoms with Crippen LogP contribution in [0.4, 0.5) is 0 Å². The van der Waals surface area contributed by atoms with Crippen molar-refractivity contribution in [1.82, 2.24) is 5.32 Å². The Hall–Kier alpha value is -0.530. The highest BCUT2D eigenvalue weighted by atomic mass is 35.5. The number of hydrogen-bond acceptors (Lipinski definition) is 1. The second-order valence-electron chi connectivity index (χ2n) is 5.99. The van der Waals surface area contributed by atoms with Crippen molar-refractivity contribution in [2.24, 2.45) is 5.41 Å². The summed E-state index contributed by atoms with van der Waals surface area (Å²) in [6, 6.07) is 8.72. The van der Waals surface area contributed by atoms with Crippen LogP contribution in [0.15, 0.2) is 24.3 Å². The largest absolute Gasteiger partial charge is 0.314 e. The molecule has 1 aromatic carbocycles. The van der Waals surface area contributed by atoms with Gasteiger partial charge in [0.25, 0.3) is 0 Å². The van der Waals surface area contributed by atoms with Crippen LogP contribution >= 0.6 is 11.6 Å². The Kier molecular flexibility index (Phi) is 6.17. The van der Waals surface area contributed by atoms with E-state index in [-0.39, 0.29) is 5.41 Å². The van der Waals surface area contributed by atoms with Gasteiger partial charge >= 0.3 is 0 Å². The lowest BCUT2D eigenvalue weighted by Gasteiger charge is -2.29. The van der Waals surface area contributed by atoms with Crippen LogP contribution in [0.1, 0.15) is 46.1 Å². The molecular weight excluding hydrogens is 242 g/mol. The fourth-order valence-corrected chi connectivity index (χ4v) is 2.72. The molecule has 0 saturated carbocycles. The maximum atomic E-state index is 6.23. The SMILES string of the molecule is CCCNC(C)CC(C)(C)Cc1ccccc1Cl. The van der Waals surface area contributed by atoms with Gasteiger partial charge in [-0.1, -0.05) is 50.6 Å². The van der Waals surface area contributed by atoms with Gasteiger partial charge in [-0.05, 0) is 49.8 Å². The molecule has 18 heavy (non-hydrogen) atoms. The zero-order chi connectivity index (χ0) is 13.6. The van der Waals surface area contributed by atoms with E-state index in [1.54, 1.807) is 0 Å². The predicted molar refractivity (Wildman–Crippen MR) is 81.3 cm³/mol. The molecule has 0 bridgehead atoms. The summed E-state index contributed by atoms with van der Waals surface area (Å²) >= 11 is 6.23. The summed E-state index contributed by atoms with van der Waals surface area (Å²) in [5.74, 6) is 0. The van der Waals surface area contributed by atoms with Crippen LogP contribution in [0.2, 0.25) is 5.02 Å². The molecule has 102 valence electrons. The van der Waals surface area contributed by atoms with Gasteiger partial charge in [0.1, 0.15) is 0 Å². The topological polar surface area (TPSA) is 12.0 Å². The summed E-state index contributed by atoms with van der Waals surface area (Å²) in [5, 5.41) is 4.44. The predicted octanol–water partition coefficient (Wildman–Crippen LogP) is 4.69. The van der Waals surface area contributed by atoms with E-state index in [0.717, 1.165) is 24.4 Å². The Morgan fingerprint density at radius 1 is 1.28 bits per heavy atom. The van der Waals surface area contributed by atoms with Gasteiger partial charge in [0, 0.05) is 11.1 Å². The quantitative estimate of drug-likeness (QED) is 0.756. The summed E-state index contributed by atoms with van der Waals surface area (Å²) < 4.78 is 0. The van der Waals surface area contributed by atoms with Crippen molar-refractivity contribution in [2.45, 2.75) is 53.0 Å². The molecule has 1 N–H and O–H groups in total. The smallest absolute Gasteiger partial charge is 0.0438 e. The molecule has 2 heteroatoms. The fraction of sp³-hybridized carbons (Fsp3) is 0.625. The van der Waals surface area contributed by atoms with Crippen LogP contribution in [-0.4, -0.2) is 12.6 Å². The van der Waals surface area contributed by atoms with Crippen molar-refractivity contribution in [3.63, 3.8) is 0 Å². The highest BCUT2D eigenvalue weighted by Crippen LogP contribution is 2.30. The molecule has 0 aliphatic heterocycles. The van der Waals surface area contributed by atoms with Gasteiger partial charge in [-0.25, -0.2) is 0 Å². The van der Waals surface area contributed by atoms with E-state index in [0.29, 0.717) is 6.04 Å². The van der Waals surface area contributed by atoms with E-state index in [2.05, 4.69) is 45.1 Å². The summed E-state index contributed by atoms with van der Waals surface area (Å²) in [7, 11) is 0. The fourth-order valence-electron chi connectivity index (χ4n) is 2.52. The summed E-state index contributed by atoms with van der Waals surface area (Å²) in [6.45, 7) is 10.2. The molecule has 1 unspecified atom stereocenters. The van der Waals surface area contributed by atoms with E-state index in [4.69, 9.17) is 11.6 Å². The number of nitrogens with one attached hydrogen (secondary N) is 1. The van der Waals surface area contributed by atoms with E-state index < -0.39 is 0 Å². The highest BCUT2D eigenvalue weighted by molar-refractivity contribution is 6.31. The third-order valence-corrected chi connectivity index (χ3v) is 3.60. The van der Waals surface area contributed by atoms with Crippen molar-refractivity contribution >= 4 is 11.6 Å². The second-order valence-corrected chi connectivity index (χ2v) is 6.40. The number of halogens is 1. The molecule has 0 aliphatic rings. The van der Waals surface area contributed by atoms with Crippen molar-refractivity contribution in [2.75, 3.05) is 6.54 Å². The molecule has 0 spiro atoms. The van der Waals surface area contributed by atoms with Gasteiger partial charge in [0.2, 0.25) is 0 Å². The first-order chi connectivity index (χ1) is 8.44. The minimum Gasteiger partial charge on any atom is -0.314 e. The lowest BCUT2D eigenvalue weighted by Crippen LogP contribution is -2.32. The Balaban J connectivity index is 2.56. The van der Waals surface area contributed by atoms with Gasteiger partial charge in [0.05, 0.1) is 0 Å². The first kappa shape index (κ1) is 15.5. The molecule has 0 amide bonds. The van der Waals surface area contributed by atoms with Crippen molar-refractivity contribution in [3.05, 3.63) is 34.9 Å². The lowest BCUT2D eigenvalue weighted by atomic mass is 9.80. The van der Waals surface area contributed by atoms with Crippen LogP contribution in [0.25, 0.3) is 0 Å². The minimum absolute atomic E-state index is 0.269. The second kappa shape index (κ2) is 7.16. The molecule has 0 saturated heterocycles. The number of rotatable bonds is 7. The summed E-state index contributed by atoms with van der Waals surface area (Å²) in [5.41, 5.74) is 1.53. The molecule has 0 heterocycles. The Morgan fingerprint density at radius 3 is 2.56 bits per heavy atom. The third kappa shape index (κ3) is 5.41. The minimum atomic E-state index is 0.269. The van der Waals surface area contributed by atoms with E-state index >= 15 is 0 Å². The highest BCUT2D eigenvalue weighted by Gasteiger charge is 2.22. The normalized spacial score (nSPS) is 13.6. The first-order valence-electron chi connectivity index (χ1n) is 6.91. The van der Waals surface area contributed by atoms with E-state index in [1.807, 2.05) is 12.1 Å². The average molecular weight is 268 g/mol. The molecule has 1 rings (SSSR count). The molecular formula is C16H26ClN. The molecule has 0 radical (unpaired) electrons. The zero-order valence-corrected chi connectivity index (χ0v) is 12.8. The Bertz CT molecular complexity index is 360. The summed E-state index contributed by atoms with van der Waals surface area (Å²) in [6.07, 6.45) is 3.39. The number of hydrogen-bond donors (Lipinski definition) is 1. The first-order valence-corrected chi connectivity index (χ1v) is 7.29. The molecule has 0 aliphatic carbocycles. The summed E-state index contributed by atoms with van der Waals surface area (Å²) in [4.78, 5) is 0. The van der Waals surface area contributed by atoms with E-state index in [9.17, 15) is 0 Å². The number of benzene rings is 1. The van der Waals surface area contributed by atoms with Gasteiger partial charge < -0.3 is 5.32 Å². The zero-order valence-electron chi connectivity index (χ0n) is 12.1. The van der Waals surface area contributed by atoms with Crippen LogP contribution in [0, 0.1) is 5.41 Å². The van der Waals surface area contributed by atoms with Gasteiger partial charge in [-0.3, -0.25) is 0 Å². The molecule has 1 nitrogen and oxygen atoms in total.